The van der Waals surface area contributed by atoms with Crippen molar-refractivity contribution >= 4 is 0 Å². The molecule has 2 aromatic rings. The van der Waals surface area contributed by atoms with Crippen molar-refractivity contribution in [3.63, 3.8) is 0 Å². The molecule has 2 atom stereocenters. The van der Waals surface area contributed by atoms with Crippen LogP contribution in [0.2, 0.25) is 0 Å². The summed E-state index contributed by atoms with van der Waals surface area (Å²) in [6.07, 6.45) is 2.57. The second-order valence-corrected chi connectivity index (χ2v) is 6.18. The van der Waals surface area contributed by atoms with Crippen molar-refractivity contribution in [3.8, 4) is 11.3 Å². The van der Waals surface area contributed by atoms with E-state index in [1.807, 2.05) is 18.2 Å². The van der Waals surface area contributed by atoms with Gasteiger partial charge in [0.15, 0.2) is 5.76 Å². The topological polar surface area (TPSA) is 41.3 Å². The molecule has 1 aromatic carbocycles. The van der Waals surface area contributed by atoms with E-state index in [1.165, 1.54) is 25.9 Å². The van der Waals surface area contributed by atoms with Crippen LogP contribution in [-0.2, 0) is 6.54 Å². The fourth-order valence-corrected chi connectivity index (χ4v) is 3.62. The largest absolute Gasteiger partial charge is 0.356 e. The minimum absolute atomic E-state index is 0.749. The Labute approximate surface area is 125 Å². The first-order valence-corrected chi connectivity index (χ1v) is 7.85. The Balaban J connectivity index is 1.42. The van der Waals surface area contributed by atoms with Gasteiger partial charge in [0.2, 0.25) is 0 Å². The lowest BCUT2D eigenvalue weighted by Gasteiger charge is -2.34. The molecular formula is C17H21N3O. The Hall–Kier alpha value is -1.65. The molecule has 4 heteroatoms. The molecule has 110 valence electrons. The molecule has 2 unspecified atom stereocenters. The molecule has 0 aliphatic carbocycles. The van der Waals surface area contributed by atoms with E-state index in [9.17, 15) is 0 Å². The Bertz CT molecular complexity index is 595. The summed E-state index contributed by atoms with van der Waals surface area (Å²) in [5, 5.41) is 7.85. The predicted molar refractivity (Wildman–Crippen MR) is 81.7 cm³/mol. The molecule has 2 saturated heterocycles. The van der Waals surface area contributed by atoms with Crippen molar-refractivity contribution in [2.24, 2.45) is 5.92 Å². The van der Waals surface area contributed by atoms with E-state index in [0.29, 0.717) is 0 Å². The third-order valence-electron chi connectivity index (χ3n) is 4.74. The van der Waals surface area contributed by atoms with Gasteiger partial charge in [0.1, 0.15) is 0 Å². The number of fused-ring (bicyclic) bond motifs is 1. The highest BCUT2D eigenvalue weighted by Crippen LogP contribution is 2.26. The lowest BCUT2D eigenvalue weighted by atomic mass is 9.93. The van der Waals surface area contributed by atoms with Gasteiger partial charge in [0.05, 0.1) is 5.69 Å². The maximum Gasteiger partial charge on any atom is 0.167 e. The van der Waals surface area contributed by atoms with Crippen molar-refractivity contribution in [1.82, 2.24) is 15.4 Å². The summed E-state index contributed by atoms with van der Waals surface area (Å²) in [6, 6.07) is 13.0. The summed E-state index contributed by atoms with van der Waals surface area (Å²) in [5.41, 5.74) is 2.13. The van der Waals surface area contributed by atoms with Gasteiger partial charge in [-0.25, -0.2) is 0 Å². The average Bonchev–Trinajstić information content (AvgIpc) is 3.17. The summed E-state index contributed by atoms with van der Waals surface area (Å²) in [5.74, 6) is 1.68. The van der Waals surface area contributed by atoms with Gasteiger partial charge >= 0.3 is 0 Å². The Kier molecular flexibility index (Phi) is 3.49. The van der Waals surface area contributed by atoms with Crippen LogP contribution in [0, 0.1) is 5.92 Å². The minimum Gasteiger partial charge on any atom is -0.356 e. The van der Waals surface area contributed by atoms with Crippen molar-refractivity contribution in [2.75, 3.05) is 19.6 Å². The zero-order valence-electron chi connectivity index (χ0n) is 12.2. The number of benzene rings is 1. The van der Waals surface area contributed by atoms with Crippen LogP contribution in [0.15, 0.2) is 40.9 Å². The molecule has 0 radical (unpaired) electrons. The summed E-state index contributed by atoms with van der Waals surface area (Å²) in [4.78, 5) is 2.51. The molecule has 0 amide bonds. The van der Waals surface area contributed by atoms with Crippen molar-refractivity contribution in [3.05, 3.63) is 42.1 Å². The quantitative estimate of drug-likeness (QED) is 0.940. The molecule has 2 aliphatic rings. The summed E-state index contributed by atoms with van der Waals surface area (Å²) < 4.78 is 5.49. The van der Waals surface area contributed by atoms with Gasteiger partial charge in [-0.2, -0.15) is 0 Å². The van der Waals surface area contributed by atoms with Crippen LogP contribution in [0.4, 0.5) is 0 Å². The van der Waals surface area contributed by atoms with Crippen LogP contribution in [0.25, 0.3) is 11.3 Å². The third kappa shape index (κ3) is 2.74. The molecule has 4 rings (SSSR count). The molecule has 1 aromatic heterocycles. The van der Waals surface area contributed by atoms with E-state index >= 15 is 0 Å². The Morgan fingerprint density at radius 1 is 1.24 bits per heavy atom. The van der Waals surface area contributed by atoms with Crippen molar-refractivity contribution < 1.29 is 4.52 Å². The van der Waals surface area contributed by atoms with Crippen molar-refractivity contribution in [2.45, 2.75) is 25.4 Å². The van der Waals surface area contributed by atoms with Gasteiger partial charge in [0, 0.05) is 37.3 Å². The van der Waals surface area contributed by atoms with E-state index in [4.69, 9.17) is 4.52 Å². The average molecular weight is 283 g/mol. The van der Waals surface area contributed by atoms with Gasteiger partial charge < -0.3 is 9.84 Å². The predicted octanol–water partition coefficient (Wildman–Crippen LogP) is 2.53. The van der Waals surface area contributed by atoms with Crippen LogP contribution >= 0.6 is 0 Å². The minimum atomic E-state index is 0.749. The number of nitrogens with one attached hydrogen (secondary N) is 1. The smallest absolute Gasteiger partial charge is 0.167 e. The first-order chi connectivity index (χ1) is 10.4. The van der Waals surface area contributed by atoms with Gasteiger partial charge in [-0.1, -0.05) is 35.5 Å². The molecule has 1 N–H and O–H groups in total. The van der Waals surface area contributed by atoms with E-state index in [1.54, 1.807) is 0 Å². The van der Waals surface area contributed by atoms with E-state index in [2.05, 4.69) is 33.6 Å². The highest BCUT2D eigenvalue weighted by molar-refractivity contribution is 5.56. The molecule has 2 fully saturated rings. The lowest BCUT2D eigenvalue weighted by molar-refractivity contribution is 0.152. The number of piperidine rings is 1. The number of likely N-dealkylation sites (tertiary alicyclic amines) is 1. The van der Waals surface area contributed by atoms with Crippen LogP contribution in [0.1, 0.15) is 18.5 Å². The van der Waals surface area contributed by atoms with Gasteiger partial charge in [-0.3, -0.25) is 4.90 Å². The van der Waals surface area contributed by atoms with Crippen LogP contribution < -0.4 is 5.32 Å². The van der Waals surface area contributed by atoms with Gasteiger partial charge in [-0.15, -0.1) is 0 Å². The highest BCUT2D eigenvalue weighted by Gasteiger charge is 2.32. The van der Waals surface area contributed by atoms with Crippen LogP contribution in [0.5, 0.6) is 0 Å². The molecule has 0 saturated carbocycles. The third-order valence-corrected chi connectivity index (χ3v) is 4.74. The molecular weight excluding hydrogens is 262 g/mol. The molecule has 0 bridgehead atoms. The fraction of sp³-hybridized carbons (Fsp3) is 0.471. The number of nitrogens with zero attached hydrogens (tertiary/aromatic N) is 2. The maximum atomic E-state index is 5.49. The number of hydrogen-bond acceptors (Lipinski definition) is 4. The number of rotatable bonds is 3. The Morgan fingerprint density at radius 3 is 3.05 bits per heavy atom. The van der Waals surface area contributed by atoms with E-state index in [-0.39, 0.29) is 0 Å². The molecule has 4 nitrogen and oxygen atoms in total. The lowest BCUT2D eigenvalue weighted by Crippen LogP contribution is -2.43. The second-order valence-electron chi connectivity index (χ2n) is 6.18. The van der Waals surface area contributed by atoms with Crippen molar-refractivity contribution in [1.29, 1.82) is 0 Å². The standard InChI is InChI=1S/C17H21N3O/c1-2-4-13(5-3-1)17-10-15(19-21-17)12-20-9-7-16-14(11-20)6-8-18-16/h1-5,10,14,16,18H,6-9,11-12H2. The zero-order valence-corrected chi connectivity index (χ0v) is 12.2. The van der Waals surface area contributed by atoms with E-state index < -0.39 is 0 Å². The fourth-order valence-electron chi connectivity index (χ4n) is 3.62. The Morgan fingerprint density at radius 2 is 2.14 bits per heavy atom. The number of aromatic nitrogens is 1. The van der Waals surface area contributed by atoms with E-state index in [0.717, 1.165) is 42.1 Å². The normalized spacial score (nSPS) is 25.9. The van der Waals surface area contributed by atoms with Gasteiger partial charge in [0.25, 0.3) is 0 Å². The molecule has 21 heavy (non-hydrogen) atoms. The molecule has 3 heterocycles. The summed E-state index contributed by atoms with van der Waals surface area (Å²) in [7, 11) is 0. The van der Waals surface area contributed by atoms with Crippen LogP contribution in [0.3, 0.4) is 0 Å². The SMILES string of the molecule is c1ccc(-c2cc(CN3CCC4NCCC4C3)no2)cc1. The zero-order chi connectivity index (χ0) is 14.1. The first kappa shape index (κ1) is 13.0. The summed E-state index contributed by atoms with van der Waals surface area (Å²) in [6.45, 7) is 4.43. The number of hydrogen-bond donors (Lipinski definition) is 1. The van der Waals surface area contributed by atoms with Gasteiger partial charge in [-0.05, 0) is 25.3 Å². The highest BCUT2D eigenvalue weighted by atomic mass is 16.5. The first-order valence-electron chi connectivity index (χ1n) is 7.85. The molecule has 0 spiro atoms. The molecule has 2 aliphatic heterocycles. The summed E-state index contributed by atoms with van der Waals surface area (Å²) >= 11 is 0. The monoisotopic (exact) mass is 283 g/mol. The van der Waals surface area contributed by atoms with Crippen LogP contribution in [-0.4, -0.2) is 35.7 Å². The second kappa shape index (κ2) is 5.62. The maximum absolute atomic E-state index is 5.49.